The molecule has 0 aliphatic carbocycles. The van der Waals surface area contributed by atoms with Gasteiger partial charge in [0.05, 0.1) is 0 Å². The highest BCUT2D eigenvalue weighted by atomic mass is 15.0. The van der Waals surface area contributed by atoms with Crippen molar-refractivity contribution in [2.24, 2.45) is 0 Å². The lowest BCUT2D eigenvalue weighted by molar-refractivity contribution is 0.273. The third-order valence-electron chi connectivity index (χ3n) is 3.28. The summed E-state index contributed by atoms with van der Waals surface area (Å²) >= 11 is 0. The van der Waals surface area contributed by atoms with Crippen LogP contribution in [-0.4, -0.2) is 0 Å². The molecular formula is C15H15N. The second-order valence-electron chi connectivity index (χ2n) is 4.33. The van der Waals surface area contributed by atoms with Crippen LogP contribution in [0.25, 0.3) is 0 Å². The molecule has 3 rings (SSSR count). The highest BCUT2D eigenvalue weighted by molar-refractivity contribution is 5.27. The van der Waals surface area contributed by atoms with E-state index in [1.54, 1.807) is 0 Å². The Morgan fingerprint density at radius 1 is 0.688 bits per heavy atom. The topological polar surface area (TPSA) is 12.0 Å². The lowest BCUT2D eigenvalue weighted by Crippen LogP contribution is -2.38. The smallest absolute Gasteiger partial charge is 0.0343 e. The van der Waals surface area contributed by atoms with Crippen LogP contribution in [0.5, 0.6) is 0 Å². The van der Waals surface area contributed by atoms with Gasteiger partial charge in [-0.25, -0.2) is 0 Å². The van der Waals surface area contributed by atoms with Crippen LogP contribution in [0.3, 0.4) is 0 Å². The number of benzene rings is 2. The second kappa shape index (κ2) is 4.11. The molecule has 0 bridgehead atoms. The Hall–Kier alpha value is -1.60. The number of hydrogen-bond acceptors (Lipinski definition) is 1. The quantitative estimate of drug-likeness (QED) is 0.798. The van der Waals surface area contributed by atoms with E-state index in [0.717, 1.165) is 0 Å². The second-order valence-corrected chi connectivity index (χ2v) is 4.33. The first-order valence-corrected chi connectivity index (χ1v) is 5.79. The molecule has 80 valence electrons. The van der Waals surface area contributed by atoms with E-state index >= 15 is 0 Å². The number of hydrogen-bond donors (Lipinski definition) is 1. The third kappa shape index (κ3) is 1.74. The third-order valence-corrected chi connectivity index (χ3v) is 3.28. The van der Waals surface area contributed by atoms with Gasteiger partial charge in [-0.1, -0.05) is 60.7 Å². The average Bonchev–Trinajstić information content (AvgIpc) is 2.30. The predicted octanol–water partition coefficient (Wildman–Crippen LogP) is 3.46. The summed E-state index contributed by atoms with van der Waals surface area (Å²) in [5.41, 5.74) is 2.80. The van der Waals surface area contributed by atoms with Crippen molar-refractivity contribution in [2.45, 2.75) is 18.5 Å². The largest absolute Gasteiger partial charge is 0.303 e. The number of nitrogens with one attached hydrogen (secondary N) is 1. The van der Waals surface area contributed by atoms with E-state index in [1.807, 2.05) is 0 Å². The molecule has 1 N–H and O–H groups in total. The summed E-state index contributed by atoms with van der Waals surface area (Å²) in [6.07, 6.45) is 1.20. The van der Waals surface area contributed by atoms with Crippen molar-refractivity contribution < 1.29 is 0 Å². The van der Waals surface area contributed by atoms with Crippen LogP contribution < -0.4 is 5.32 Å². The zero-order valence-corrected chi connectivity index (χ0v) is 9.14. The normalized spacial score (nSPS) is 23.8. The highest BCUT2D eigenvalue weighted by Gasteiger charge is 2.29. The standard InChI is InChI=1S/C15H15N/c1-3-7-12(8-4-1)14-11-15(16-14)13-9-5-2-6-10-13/h1-10,14-16H,11H2/t14-,15-/m1/s1. The molecule has 0 aromatic heterocycles. The van der Waals surface area contributed by atoms with Gasteiger partial charge in [0.1, 0.15) is 0 Å². The molecule has 1 nitrogen and oxygen atoms in total. The van der Waals surface area contributed by atoms with Crippen LogP contribution in [0.4, 0.5) is 0 Å². The van der Waals surface area contributed by atoms with Crippen LogP contribution in [0.2, 0.25) is 0 Å². The fourth-order valence-electron chi connectivity index (χ4n) is 2.29. The maximum absolute atomic E-state index is 3.61. The molecular weight excluding hydrogens is 194 g/mol. The van der Waals surface area contributed by atoms with Crippen LogP contribution in [0, 0.1) is 0 Å². The molecule has 2 aromatic carbocycles. The van der Waals surface area contributed by atoms with Gasteiger partial charge in [-0.2, -0.15) is 0 Å². The first-order valence-electron chi connectivity index (χ1n) is 5.79. The van der Waals surface area contributed by atoms with Gasteiger partial charge < -0.3 is 5.32 Å². The zero-order valence-electron chi connectivity index (χ0n) is 9.14. The van der Waals surface area contributed by atoms with E-state index in [9.17, 15) is 0 Å². The Balaban J connectivity index is 1.68. The molecule has 16 heavy (non-hydrogen) atoms. The zero-order chi connectivity index (χ0) is 10.8. The highest BCUT2D eigenvalue weighted by Crippen LogP contribution is 2.36. The summed E-state index contributed by atoms with van der Waals surface area (Å²) in [6, 6.07) is 22.4. The van der Waals surface area contributed by atoms with Gasteiger partial charge in [-0.05, 0) is 17.5 Å². The van der Waals surface area contributed by atoms with Gasteiger partial charge in [0.2, 0.25) is 0 Å². The fraction of sp³-hybridized carbons (Fsp3) is 0.200. The van der Waals surface area contributed by atoms with Crippen molar-refractivity contribution in [1.82, 2.24) is 5.32 Å². The molecule has 1 saturated heterocycles. The minimum absolute atomic E-state index is 0.534. The molecule has 1 aliphatic rings. The van der Waals surface area contributed by atoms with Gasteiger partial charge in [-0.15, -0.1) is 0 Å². The average molecular weight is 209 g/mol. The molecule has 1 heterocycles. The summed E-state index contributed by atoms with van der Waals surface area (Å²) in [7, 11) is 0. The summed E-state index contributed by atoms with van der Waals surface area (Å²) < 4.78 is 0. The molecule has 1 fully saturated rings. The van der Waals surface area contributed by atoms with Gasteiger partial charge >= 0.3 is 0 Å². The van der Waals surface area contributed by atoms with E-state index in [-0.39, 0.29) is 0 Å². The van der Waals surface area contributed by atoms with Crippen molar-refractivity contribution >= 4 is 0 Å². The summed E-state index contributed by atoms with van der Waals surface area (Å²) in [5.74, 6) is 0. The Bertz CT molecular complexity index is 400. The number of rotatable bonds is 2. The van der Waals surface area contributed by atoms with E-state index in [2.05, 4.69) is 66.0 Å². The van der Waals surface area contributed by atoms with Crippen molar-refractivity contribution in [3.8, 4) is 0 Å². The van der Waals surface area contributed by atoms with Crippen LogP contribution in [0.15, 0.2) is 60.7 Å². The molecule has 0 radical (unpaired) electrons. The van der Waals surface area contributed by atoms with E-state index < -0.39 is 0 Å². The summed E-state index contributed by atoms with van der Waals surface area (Å²) in [5, 5.41) is 3.61. The minimum Gasteiger partial charge on any atom is -0.303 e. The predicted molar refractivity (Wildman–Crippen MR) is 66.1 cm³/mol. The van der Waals surface area contributed by atoms with E-state index in [4.69, 9.17) is 0 Å². The van der Waals surface area contributed by atoms with Crippen molar-refractivity contribution in [3.63, 3.8) is 0 Å². The van der Waals surface area contributed by atoms with Crippen molar-refractivity contribution in [3.05, 3.63) is 71.8 Å². The monoisotopic (exact) mass is 209 g/mol. The molecule has 2 atom stereocenters. The molecule has 0 unspecified atom stereocenters. The molecule has 0 spiro atoms. The van der Waals surface area contributed by atoms with Gasteiger partial charge in [0, 0.05) is 12.1 Å². The fourth-order valence-corrected chi connectivity index (χ4v) is 2.29. The molecule has 2 aromatic rings. The van der Waals surface area contributed by atoms with Gasteiger partial charge in [0.15, 0.2) is 0 Å². The lowest BCUT2D eigenvalue weighted by atomic mass is 9.87. The molecule has 1 heteroatoms. The van der Waals surface area contributed by atoms with Crippen LogP contribution in [0.1, 0.15) is 29.6 Å². The van der Waals surface area contributed by atoms with Crippen molar-refractivity contribution in [1.29, 1.82) is 0 Å². The van der Waals surface area contributed by atoms with Crippen LogP contribution >= 0.6 is 0 Å². The minimum atomic E-state index is 0.534. The Morgan fingerprint density at radius 2 is 1.06 bits per heavy atom. The maximum Gasteiger partial charge on any atom is 0.0343 e. The van der Waals surface area contributed by atoms with E-state index in [1.165, 1.54) is 17.5 Å². The Kier molecular flexibility index (Phi) is 2.47. The lowest BCUT2D eigenvalue weighted by Gasteiger charge is -2.38. The SMILES string of the molecule is c1ccc([C@H]2C[C@H](c3ccccc3)N2)cc1. The molecule has 0 saturated carbocycles. The Morgan fingerprint density at radius 3 is 1.44 bits per heavy atom. The van der Waals surface area contributed by atoms with Crippen molar-refractivity contribution in [2.75, 3.05) is 0 Å². The first-order chi connectivity index (χ1) is 7.93. The maximum atomic E-state index is 3.61. The van der Waals surface area contributed by atoms with Crippen LogP contribution in [-0.2, 0) is 0 Å². The van der Waals surface area contributed by atoms with Gasteiger partial charge in [0.25, 0.3) is 0 Å². The summed E-state index contributed by atoms with van der Waals surface area (Å²) in [4.78, 5) is 0. The first kappa shape index (κ1) is 9.61. The summed E-state index contributed by atoms with van der Waals surface area (Å²) in [6.45, 7) is 0. The van der Waals surface area contributed by atoms with E-state index in [0.29, 0.717) is 12.1 Å². The molecule has 0 amide bonds. The van der Waals surface area contributed by atoms with Gasteiger partial charge in [-0.3, -0.25) is 0 Å². The Labute approximate surface area is 96.1 Å². The molecule has 1 aliphatic heterocycles.